The molecule has 6 heteroatoms. The zero-order valence-electron chi connectivity index (χ0n) is 15.6. The van der Waals surface area contributed by atoms with Gasteiger partial charge in [0.1, 0.15) is 13.2 Å². The third kappa shape index (κ3) is 5.41. The van der Waals surface area contributed by atoms with Crippen molar-refractivity contribution in [2.45, 2.75) is 45.1 Å². The molecule has 0 aliphatic rings. The Morgan fingerprint density at radius 1 is 1.04 bits per heavy atom. The highest BCUT2D eigenvalue weighted by atomic mass is 32.2. The first-order valence-corrected chi connectivity index (χ1v) is 9.99. The molecular formula is C20H25NO4S. The van der Waals surface area contributed by atoms with Crippen LogP contribution in [0.2, 0.25) is 0 Å². The van der Waals surface area contributed by atoms with E-state index in [0.29, 0.717) is 5.92 Å². The van der Waals surface area contributed by atoms with Crippen LogP contribution in [-0.2, 0) is 26.2 Å². The number of hydrogen-bond acceptors (Lipinski definition) is 4. The Kier molecular flexibility index (Phi) is 6.56. The van der Waals surface area contributed by atoms with Crippen molar-refractivity contribution in [3.05, 3.63) is 64.7 Å². The largest absolute Gasteiger partial charge is 0.460 e. The van der Waals surface area contributed by atoms with Gasteiger partial charge in [-0.15, -0.1) is 0 Å². The fraction of sp³-hybridized carbons (Fsp3) is 0.350. The SMILES string of the molecule is Cc1ccc(S(=O)(=O)NCC(=O)OCc2ccc(C(C)C)cc2)cc1C. The summed E-state index contributed by atoms with van der Waals surface area (Å²) in [6.07, 6.45) is 0. The number of benzene rings is 2. The Labute approximate surface area is 155 Å². The van der Waals surface area contributed by atoms with Crippen molar-refractivity contribution in [1.82, 2.24) is 4.72 Å². The standard InChI is InChI=1S/C20H25NO4S/c1-14(2)18-8-6-17(7-9-18)13-25-20(22)12-21-26(23,24)19-10-5-15(3)16(4)11-19/h5-11,14,21H,12-13H2,1-4H3. The number of nitrogens with one attached hydrogen (secondary N) is 1. The van der Waals surface area contributed by atoms with Gasteiger partial charge >= 0.3 is 5.97 Å². The predicted octanol–water partition coefficient (Wildman–Crippen LogP) is 3.45. The number of carbonyl (C=O) groups is 1. The van der Waals surface area contributed by atoms with E-state index in [2.05, 4.69) is 18.6 Å². The lowest BCUT2D eigenvalue weighted by atomic mass is 10.0. The van der Waals surface area contributed by atoms with Crippen LogP contribution in [0.25, 0.3) is 0 Å². The topological polar surface area (TPSA) is 72.5 Å². The molecule has 0 aliphatic heterocycles. The monoisotopic (exact) mass is 375 g/mol. The van der Waals surface area contributed by atoms with Gasteiger partial charge in [0, 0.05) is 0 Å². The number of hydrogen-bond donors (Lipinski definition) is 1. The molecule has 2 aromatic rings. The van der Waals surface area contributed by atoms with Crippen molar-refractivity contribution < 1.29 is 17.9 Å². The summed E-state index contributed by atoms with van der Waals surface area (Å²) in [4.78, 5) is 12.0. The second-order valence-electron chi connectivity index (χ2n) is 6.63. The van der Waals surface area contributed by atoms with Gasteiger partial charge in [0.2, 0.25) is 10.0 Å². The lowest BCUT2D eigenvalue weighted by Gasteiger charge is -2.10. The van der Waals surface area contributed by atoms with E-state index in [1.807, 2.05) is 38.1 Å². The predicted molar refractivity (Wildman–Crippen MR) is 101 cm³/mol. The summed E-state index contributed by atoms with van der Waals surface area (Å²) in [5.74, 6) is -0.184. The molecule has 0 unspecified atom stereocenters. The summed E-state index contributed by atoms with van der Waals surface area (Å²) in [5, 5.41) is 0. The smallest absolute Gasteiger partial charge is 0.321 e. The molecule has 5 nitrogen and oxygen atoms in total. The summed E-state index contributed by atoms with van der Waals surface area (Å²) in [5.41, 5.74) is 3.95. The zero-order valence-corrected chi connectivity index (χ0v) is 16.4. The highest BCUT2D eigenvalue weighted by Gasteiger charge is 2.16. The molecule has 0 saturated carbocycles. The normalized spacial score (nSPS) is 11.6. The van der Waals surface area contributed by atoms with Gasteiger partial charge in [-0.2, -0.15) is 4.72 Å². The van der Waals surface area contributed by atoms with Gasteiger partial charge in [-0.1, -0.05) is 44.2 Å². The van der Waals surface area contributed by atoms with Crippen molar-refractivity contribution in [1.29, 1.82) is 0 Å². The summed E-state index contributed by atoms with van der Waals surface area (Å²) >= 11 is 0. The van der Waals surface area contributed by atoms with Gasteiger partial charge in [-0.25, -0.2) is 8.42 Å². The molecule has 0 saturated heterocycles. The van der Waals surface area contributed by atoms with Crippen molar-refractivity contribution in [2.75, 3.05) is 6.54 Å². The van der Waals surface area contributed by atoms with Crippen molar-refractivity contribution >= 4 is 16.0 Å². The van der Waals surface area contributed by atoms with E-state index in [9.17, 15) is 13.2 Å². The molecule has 0 bridgehead atoms. The lowest BCUT2D eigenvalue weighted by molar-refractivity contribution is -0.143. The molecule has 0 atom stereocenters. The number of sulfonamides is 1. The molecule has 0 radical (unpaired) electrons. The van der Waals surface area contributed by atoms with E-state index in [0.717, 1.165) is 16.7 Å². The van der Waals surface area contributed by atoms with Crippen LogP contribution in [0.5, 0.6) is 0 Å². The summed E-state index contributed by atoms with van der Waals surface area (Å²) in [6.45, 7) is 7.67. The molecule has 140 valence electrons. The quantitative estimate of drug-likeness (QED) is 0.753. The van der Waals surface area contributed by atoms with Crippen LogP contribution in [0, 0.1) is 13.8 Å². The number of esters is 1. The Balaban J connectivity index is 1.88. The summed E-state index contributed by atoms with van der Waals surface area (Å²) in [6, 6.07) is 12.6. The fourth-order valence-corrected chi connectivity index (χ4v) is 3.39. The molecule has 0 aromatic heterocycles. The molecule has 0 spiro atoms. The van der Waals surface area contributed by atoms with Crippen molar-refractivity contribution in [3.8, 4) is 0 Å². The number of rotatable bonds is 7. The molecular weight excluding hydrogens is 350 g/mol. The van der Waals surface area contributed by atoms with Crippen LogP contribution in [0.3, 0.4) is 0 Å². The van der Waals surface area contributed by atoms with Gasteiger partial charge in [0.15, 0.2) is 0 Å². The van der Waals surface area contributed by atoms with Gasteiger partial charge in [-0.3, -0.25) is 4.79 Å². The van der Waals surface area contributed by atoms with E-state index >= 15 is 0 Å². The van der Waals surface area contributed by atoms with E-state index in [1.165, 1.54) is 11.6 Å². The van der Waals surface area contributed by atoms with Crippen LogP contribution in [-0.4, -0.2) is 20.9 Å². The Hall–Kier alpha value is -2.18. The van der Waals surface area contributed by atoms with Gasteiger partial charge in [-0.05, 0) is 54.2 Å². The van der Waals surface area contributed by atoms with E-state index in [4.69, 9.17) is 4.74 Å². The van der Waals surface area contributed by atoms with E-state index < -0.39 is 22.5 Å². The third-order valence-electron chi connectivity index (χ3n) is 4.24. The average molecular weight is 375 g/mol. The van der Waals surface area contributed by atoms with Crippen LogP contribution in [0.15, 0.2) is 47.4 Å². The summed E-state index contributed by atoms with van der Waals surface area (Å²) < 4.78 is 31.9. The zero-order chi connectivity index (χ0) is 19.3. The van der Waals surface area contributed by atoms with Crippen molar-refractivity contribution in [3.63, 3.8) is 0 Å². The molecule has 0 fully saturated rings. The first kappa shape index (κ1) is 20.1. The van der Waals surface area contributed by atoms with Crippen LogP contribution in [0.1, 0.15) is 42.0 Å². The minimum absolute atomic E-state index is 0.114. The maximum atomic E-state index is 12.3. The number of aryl methyl sites for hydroxylation is 2. The fourth-order valence-electron chi connectivity index (χ4n) is 2.33. The van der Waals surface area contributed by atoms with Crippen LogP contribution >= 0.6 is 0 Å². The molecule has 2 rings (SSSR count). The second-order valence-corrected chi connectivity index (χ2v) is 8.39. The number of carbonyl (C=O) groups excluding carboxylic acids is 1. The van der Waals surface area contributed by atoms with E-state index in [-0.39, 0.29) is 11.5 Å². The Morgan fingerprint density at radius 3 is 2.27 bits per heavy atom. The maximum absolute atomic E-state index is 12.3. The second kappa shape index (κ2) is 8.47. The first-order chi connectivity index (χ1) is 12.2. The first-order valence-electron chi connectivity index (χ1n) is 8.50. The van der Waals surface area contributed by atoms with Gasteiger partial charge in [0.05, 0.1) is 4.90 Å². The molecule has 0 aliphatic carbocycles. The Bertz CT molecular complexity index is 871. The Morgan fingerprint density at radius 2 is 1.69 bits per heavy atom. The van der Waals surface area contributed by atoms with Crippen LogP contribution in [0.4, 0.5) is 0 Å². The molecule has 26 heavy (non-hydrogen) atoms. The van der Waals surface area contributed by atoms with Gasteiger partial charge in [0.25, 0.3) is 0 Å². The highest BCUT2D eigenvalue weighted by Crippen LogP contribution is 2.16. The summed E-state index contributed by atoms with van der Waals surface area (Å²) in [7, 11) is -3.74. The minimum Gasteiger partial charge on any atom is -0.460 e. The van der Waals surface area contributed by atoms with E-state index in [1.54, 1.807) is 12.1 Å². The third-order valence-corrected chi connectivity index (χ3v) is 5.64. The minimum atomic E-state index is -3.74. The van der Waals surface area contributed by atoms with Crippen molar-refractivity contribution in [2.24, 2.45) is 0 Å². The molecule has 1 N–H and O–H groups in total. The van der Waals surface area contributed by atoms with Gasteiger partial charge < -0.3 is 4.74 Å². The maximum Gasteiger partial charge on any atom is 0.321 e. The number of ether oxygens (including phenoxy) is 1. The lowest BCUT2D eigenvalue weighted by Crippen LogP contribution is -2.30. The van der Waals surface area contributed by atoms with Crippen LogP contribution < -0.4 is 4.72 Å². The molecule has 0 heterocycles. The molecule has 2 aromatic carbocycles. The average Bonchev–Trinajstić information content (AvgIpc) is 2.60. The highest BCUT2D eigenvalue weighted by molar-refractivity contribution is 7.89. The molecule has 0 amide bonds.